The fraction of sp³-hybridized carbons (Fsp3) is 0.0833. The Balaban J connectivity index is 0.808. The molecule has 0 N–H and O–H groups in total. The van der Waals surface area contributed by atoms with E-state index in [4.69, 9.17) is 4.42 Å². The standard InChI is InChI=1S/C72H52N2O/c1-71(2)62-24-15-21-53(69(62)61-44-64-60(43-65(61)71)55-41-40-52(42-63(55)72(64,3)4)74-66-25-11-8-18-56(66)57-19-9-12-26-67(57)74)47-30-36-50(37-31-47)73(49-34-28-46(29-35-49)45-16-6-5-7-17-45)51-38-32-48(33-39-51)54-22-14-23-59-58-20-10-13-27-68(58)75-70(54)59/h5-44H,1-4H3. The van der Waals surface area contributed by atoms with Gasteiger partial charge in [-0.15, -0.1) is 0 Å². The van der Waals surface area contributed by atoms with Gasteiger partial charge in [0.05, 0.1) is 11.0 Å². The SMILES string of the molecule is CC1(C)c2cc(-n3c4ccccc4c4ccccc43)ccc2-c2cc3c(cc21)-c1c(-c2ccc(N(c4ccc(-c5ccccc5)cc4)c4ccc(-c5cccc6c5oc5ccccc56)cc4)cc2)cccc1C3(C)C. The van der Waals surface area contributed by atoms with E-state index in [9.17, 15) is 0 Å². The Hall–Kier alpha value is -9.18. The summed E-state index contributed by atoms with van der Waals surface area (Å²) in [6.45, 7) is 9.65. The number of nitrogens with zero attached hydrogens (tertiary/aromatic N) is 2. The molecule has 356 valence electrons. The van der Waals surface area contributed by atoms with Crippen LogP contribution in [-0.4, -0.2) is 4.57 Å². The van der Waals surface area contributed by atoms with Crippen molar-refractivity contribution in [3.63, 3.8) is 0 Å². The topological polar surface area (TPSA) is 21.3 Å². The second-order valence-corrected chi connectivity index (χ2v) is 21.6. The molecule has 0 atom stereocenters. The third kappa shape index (κ3) is 6.47. The molecule has 11 aromatic carbocycles. The van der Waals surface area contributed by atoms with Crippen molar-refractivity contribution in [3.8, 4) is 61.3 Å². The van der Waals surface area contributed by atoms with Crippen LogP contribution in [0.2, 0.25) is 0 Å². The van der Waals surface area contributed by atoms with Gasteiger partial charge in [-0.2, -0.15) is 0 Å². The lowest BCUT2D eigenvalue weighted by Gasteiger charge is -2.26. The van der Waals surface area contributed by atoms with Crippen LogP contribution in [0.3, 0.4) is 0 Å². The van der Waals surface area contributed by atoms with E-state index in [1.165, 1.54) is 94.3 Å². The Kier molecular flexibility index (Phi) is 9.35. The molecule has 13 aromatic rings. The monoisotopic (exact) mass is 960 g/mol. The average molecular weight is 961 g/mol. The predicted molar refractivity (Wildman–Crippen MR) is 314 cm³/mol. The van der Waals surface area contributed by atoms with Crippen molar-refractivity contribution < 1.29 is 4.42 Å². The normalized spacial score (nSPS) is 13.8. The molecule has 75 heavy (non-hydrogen) atoms. The molecule has 2 aromatic heterocycles. The summed E-state index contributed by atoms with van der Waals surface area (Å²) in [6.07, 6.45) is 0. The summed E-state index contributed by atoms with van der Waals surface area (Å²) in [5.74, 6) is 0. The molecule has 0 radical (unpaired) electrons. The van der Waals surface area contributed by atoms with Crippen LogP contribution >= 0.6 is 0 Å². The quantitative estimate of drug-likeness (QED) is 0.159. The van der Waals surface area contributed by atoms with Crippen molar-refractivity contribution in [1.82, 2.24) is 4.57 Å². The highest BCUT2D eigenvalue weighted by Crippen LogP contribution is 2.58. The van der Waals surface area contributed by atoms with Crippen molar-refractivity contribution in [3.05, 3.63) is 265 Å². The molecular formula is C72H52N2O. The lowest BCUT2D eigenvalue weighted by molar-refractivity contribution is 0.652. The van der Waals surface area contributed by atoms with E-state index in [-0.39, 0.29) is 10.8 Å². The number of furan rings is 1. The van der Waals surface area contributed by atoms with Gasteiger partial charge in [-0.3, -0.25) is 0 Å². The minimum absolute atomic E-state index is 0.184. The summed E-state index contributed by atoms with van der Waals surface area (Å²) >= 11 is 0. The van der Waals surface area contributed by atoms with E-state index < -0.39 is 0 Å². The van der Waals surface area contributed by atoms with Gasteiger partial charge in [-0.25, -0.2) is 0 Å². The van der Waals surface area contributed by atoms with Crippen molar-refractivity contribution in [1.29, 1.82) is 0 Å². The first-order valence-corrected chi connectivity index (χ1v) is 26.2. The van der Waals surface area contributed by atoms with Gasteiger partial charge in [0.15, 0.2) is 0 Å². The Morgan fingerprint density at radius 3 is 1.51 bits per heavy atom. The molecule has 0 spiro atoms. The van der Waals surface area contributed by atoms with Crippen molar-refractivity contribution in [2.45, 2.75) is 38.5 Å². The van der Waals surface area contributed by atoms with Crippen molar-refractivity contribution in [2.24, 2.45) is 0 Å². The summed E-state index contributed by atoms with van der Waals surface area (Å²) in [4.78, 5) is 2.37. The molecule has 0 fully saturated rings. The number of hydrogen-bond donors (Lipinski definition) is 0. The van der Waals surface area contributed by atoms with Crippen LogP contribution in [0.4, 0.5) is 17.1 Å². The van der Waals surface area contributed by atoms with Gasteiger partial charge in [-0.05, 0) is 151 Å². The average Bonchev–Trinajstić information content (AvgIpc) is 4.19. The summed E-state index contributed by atoms with van der Waals surface area (Å²) in [5, 5.41) is 4.83. The summed E-state index contributed by atoms with van der Waals surface area (Å²) < 4.78 is 8.92. The Morgan fingerprint density at radius 2 is 0.827 bits per heavy atom. The van der Waals surface area contributed by atoms with Crippen molar-refractivity contribution >= 4 is 60.8 Å². The van der Waals surface area contributed by atoms with Gasteiger partial charge in [0.1, 0.15) is 11.2 Å². The predicted octanol–water partition coefficient (Wildman–Crippen LogP) is 19.8. The molecule has 0 saturated carbocycles. The van der Waals surface area contributed by atoms with Gasteiger partial charge >= 0.3 is 0 Å². The zero-order valence-electron chi connectivity index (χ0n) is 42.4. The second kappa shape index (κ2) is 16.2. The lowest BCUT2D eigenvalue weighted by Crippen LogP contribution is -2.17. The largest absolute Gasteiger partial charge is 0.455 e. The molecular weight excluding hydrogens is 909 g/mol. The smallest absolute Gasteiger partial charge is 0.143 e. The van der Waals surface area contributed by atoms with Crippen LogP contribution in [0.15, 0.2) is 247 Å². The zero-order valence-corrected chi connectivity index (χ0v) is 42.4. The molecule has 2 aliphatic rings. The fourth-order valence-corrected chi connectivity index (χ4v) is 13.0. The molecule has 0 aliphatic heterocycles. The summed E-state index contributed by atoms with van der Waals surface area (Å²) in [5.41, 5.74) is 26.3. The Bertz CT molecular complexity index is 4380. The van der Waals surface area contributed by atoms with Crippen molar-refractivity contribution in [2.75, 3.05) is 4.90 Å². The van der Waals surface area contributed by atoms with E-state index in [2.05, 4.69) is 268 Å². The number of hydrogen-bond acceptors (Lipinski definition) is 2. The van der Waals surface area contributed by atoms with Crippen LogP contribution < -0.4 is 4.90 Å². The third-order valence-electron chi connectivity index (χ3n) is 16.8. The Morgan fingerprint density at radius 1 is 0.333 bits per heavy atom. The zero-order chi connectivity index (χ0) is 50.2. The first kappa shape index (κ1) is 43.4. The minimum atomic E-state index is -0.209. The molecule has 0 saturated heterocycles. The summed E-state index contributed by atoms with van der Waals surface area (Å²) in [6, 6.07) is 89.3. The maximum Gasteiger partial charge on any atom is 0.143 e. The number of benzene rings is 11. The third-order valence-corrected chi connectivity index (χ3v) is 16.8. The highest BCUT2D eigenvalue weighted by Gasteiger charge is 2.42. The van der Waals surface area contributed by atoms with Crippen LogP contribution in [0.5, 0.6) is 0 Å². The fourth-order valence-electron chi connectivity index (χ4n) is 13.0. The number of para-hydroxylation sites is 4. The van der Waals surface area contributed by atoms with Crippen LogP contribution in [-0.2, 0) is 10.8 Å². The van der Waals surface area contributed by atoms with E-state index in [0.29, 0.717) is 0 Å². The lowest BCUT2D eigenvalue weighted by atomic mass is 9.79. The highest BCUT2D eigenvalue weighted by atomic mass is 16.3. The molecule has 2 aliphatic carbocycles. The second-order valence-electron chi connectivity index (χ2n) is 21.6. The maximum atomic E-state index is 6.48. The molecule has 2 heterocycles. The van der Waals surface area contributed by atoms with Gasteiger partial charge in [-0.1, -0.05) is 191 Å². The molecule has 0 bridgehead atoms. The first-order chi connectivity index (χ1) is 36.7. The van der Waals surface area contributed by atoms with Crippen LogP contribution in [0.25, 0.3) is 105 Å². The Labute approximate surface area is 437 Å². The van der Waals surface area contributed by atoms with Crippen LogP contribution in [0.1, 0.15) is 49.9 Å². The van der Waals surface area contributed by atoms with Gasteiger partial charge in [0.2, 0.25) is 0 Å². The van der Waals surface area contributed by atoms with E-state index in [1.54, 1.807) is 0 Å². The first-order valence-electron chi connectivity index (χ1n) is 26.2. The maximum absolute atomic E-state index is 6.48. The van der Waals surface area contributed by atoms with Crippen LogP contribution in [0, 0.1) is 0 Å². The van der Waals surface area contributed by atoms with Gasteiger partial charge in [0.25, 0.3) is 0 Å². The minimum Gasteiger partial charge on any atom is -0.455 e. The molecule has 0 unspecified atom stereocenters. The van der Waals surface area contributed by atoms with Gasteiger partial charge < -0.3 is 13.9 Å². The number of anilines is 3. The highest BCUT2D eigenvalue weighted by molar-refractivity contribution is 6.10. The van der Waals surface area contributed by atoms with E-state index in [0.717, 1.165) is 50.1 Å². The number of fused-ring (bicyclic) bond motifs is 12. The molecule has 3 nitrogen and oxygen atoms in total. The molecule has 3 heteroatoms. The van der Waals surface area contributed by atoms with E-state index >= 15 is 0 Å². The number of rotatable bonds is 7. The molecule has 15 rings (SSSR count). The van der Waals surface area contributed by atoms with E-state index in [1.807, 2.05) is 12.1 Å². The summed E-state index contributed by atoms with van der Waals surface area (Å²) in [7, 11) is 0. The molecule has 0 amide bonds. The number of aromatic nitrogens is 1. The van der Waals surface area contributed by atoms with Gasteiger partial charge in [0, 0.05) is 60.7 Å².